The highest BCUT2D eigenvalue weighted by atomic mass is 35.5. The van der Waals surface area contributed by atoms with E-state index in [2.05, 4.69) is 0 Å². The Morgan fingerprint density at radius 2 is 1.88 bits per heavy atom. The van der Waals surface area contributed by atoms with Gasteiger partial charge in [0.1, 0.15) is 23.7 Å². The zero-order valence-corrected chi connectivity index (χ0v) is 16.5. The van der Waals surface area contributed by atoms with E-state index < -0.39 is 11.2 Å². The summed E-state index contributed by atoms with van der Waals surface area (Å²) in [5, 5.41) is 0.833. The van der Waals surface area contributed by atoms with Crippen LogP contribution in [0.15, 0.2) is 53.4 Å². The zero-order chi connectivity index (χ0) is 18.5. The van der Waals surface area contributed by atoms with Crippen LogP contribution in [0.1, 0.15) is 32.1 Å². The molecular formula is C20H23ClO4S. The topological polar surface area (TPSA) is 50.8 Å². The highest BCUT2D eigenvalue weighted by molar-refractivity contribution is 7.92. The minimum atomic E-state index is -0.980. The monoisotopic (exact) mass is 394 g/mol. The second-order valence-electron chi connectivity index (χ2n) is 6.27. The lowest BCUT2D eigenvalue weighted by molar-refractivity contribution is -0.0659. The van der Waals surface area contributed by atoms with Crippen molar-refractivity contribution in [3.8, 4) is 5.75 Å². The molecule has 4 unspecified atom stereocenters. The van der Waals surface area contributed by atoms with Gasteiger partial charge in [-0.15, -0.1) is 0 Å². The molecule has 1 heterocycles. The Balaban J connectivity index is 1.49. The summed E-state index contributed by atoms with van der Waals surface area (Å²) in [6.45, 7) is 4.91. The van der Waals surface area contributed by atoms with Crippen LogP contribution in [-0.2, 0) is 20.6 Å². The molecule has 0 aliphatic carbocycles. The van der Waals surface area contributed by atoms with Crippen molar-refractivity contribution in [3.05, 3.63) is 59.1 Å². The predicted molar refractivity (Wildman–Crippen MR) is 103 cm³/mol. The molecular weight excluding hydrogens is 372 g/mol. The van der Waals surface area contributed by atoms with Gasteiger partial charge in [-0.2, -0.15) is 0 Å². The summed E-state index contributed by atoms with van der Waals surface area (Å²) in [5.74, 6) is 0.730. The quantitative estimate of drug-likeness (QED) is 0.636. The summed E-state index contributed by atoms with van der Waals surface area (Å²) in [5.41, 5.74) is 0.939. The molecule has 1 fully saturated rings. The molecule has 1 aliphatic heterocycles. The van der Waals surface area contributed by atoms with E-state index in [1.807, 2.05) is 62.4 Å². The van der Waals surface area contributed by atoms with Gasteiger partial charge in [0.25, 0.3) is 0 Å². The van der Waals surface area contributed by atoms with E-state index in [4.69, 9.17) is 25.8 Å². The lowest BCUT2D eigenvalue weighted by atomic mass is 10.2. The third-order valence-electron chi connectivity index (χ3n) is 4.32. The maximum absolute atomic E-state index is 12.3. The van der Waals surface area contributed by atoms with Crippen molar-refractivity contribution >= 4 is 22.8 Å². The van der Waals surface area contributed by atoms with Crippen LogP contribution < -0.4 is 4.74 Å². The van der Waals surface area contributed by atoms with Crippen molar-refractivity contribution < 1.29 is 18.8 Å². The Morgan fingerprint density at radius 1 is 1.19 bits per heavy atom. The fraction of sp³-hybridized carbons (Fsp3) is 0.400. The maximum Gasteiger partial charge on any atom is 0.184 e. The molecule has 26 heavy (non-hydrogen) atoms. The highest BCUT2D eigenvalue weighted by Gasteiger charge is 2.28. The number of hydrogen-bond donors (Lipinski definition) is 0. The molecule has 4 atom stereocenters. The first-order valence-corrected chi connectivity index (χ1v) is 10.3. The molecule has 0 amide bonds. The number of benzene rings is 2. The average molecular weight is 395 g/mol. The van der Waals surface area contributed by atoms with E-state index >= 15 is 0 Å². The first-order chi connectivity index (χ1) is 12.6. The number of ether oxygens (including phenoxy) is 3. The van der Waals surface area contributed by atoms with Gasteiger partial charge >= 0.3 is 0 Å². The fourth-order valence-electron chi connectivity index (χ4n) is 2.57. The van der Waals surface area contributed by atoms with Crippen LogP contribution >= 0.6 is 11.6 Å². The minimum absolute atomic E-state index is 0.135. The SMILES string of the molecule is CCC(C)[S+]([O-])c1ccc(OCC2COC(c3ccc(Cl)cc3)O2)cc1. The maximum atomic E-state index is 12.3. The molecule has 2 aromatic rings. The lowest BCUT2D eigenvalue weighted by Crippen LogP contribution is -2.20. The van der Waals surface area contributed by atoms with Crippen molar-refractivity contribution in [2.24, 2.45) is 0 Å². The largest absolute Gasteiger partial charge is 0.611 e. The Hall–Kier alpha value is -1.24. The fourth-order valence-corrected chi connectivity index (χ4v) is 3.87. The Bertz CT molecular complexity index is 692. The average Bonchev–Trinajstić information content (AvgIpc) is 3.15. The molecule has 6 heteroatoms. The Kier molecular flexibility index (Phi) is 6.84. The van der Waals surface area contributed by atoms with Gasteiger partial charge in [0, 0.05) is 10.6 Å². The van der Waals surface area contributed by atoms with Crippen LogP contribution in [0.4, 0.5) is 0 Å². The molecule has 4 nitrogen and oxygen atoms in total. The molecule has 140 valence electrons. The van der Waals surface area contributed by atoms with Gasteiger partial charge in [-0.1, -0.05) is 30.7 Å². The van der Waals surface area contributed by atoms with Gasteiger partial charge in [0.05, 0.1) is 6.61 Å². The van der Waals surface area contributed by atoms with Crippen LogP contribution in [0, 0.1) is 0 Å². The van der Waals surface area contributed by atoms with Gasteiger partial charge < -0.3 is 18.8 Å². The van der Waals surface area contributed by atoms with Crippen molar-refractivity contribution in [1.82, 2.24) is 0 Å². The summed E-state index contributed by atoms with van der Waals surface area (Å²) in [4.78, 5) is 0.829. The van der Waals surface area contributed by atoms with Crippen LogP contribution in [0.3, 0.4) is 0 Å². The van der Waals surface area contributed by atoms with Crippen LogP contribution in [0.25, 0.3) is 0 Å². The smallest absolute Gasteiger partial charge is 0.184 e. The zero-order valence-electron chi connectivity index (χ0n) is 14.9. The Labute approximate surface area is 162 Å². The molecule has 3 rings (SSSR count). The number of rotatable bonds is 7. The number of halogens is 1. The van der Waals surface area contributed by atoms with E-state index in [-0.39, 0.29) is 17.6 Å². The molecule has 2 aromatic carbocycles. The first kappa shape index (κ1) is 19.5. The van der Waals surface area contributed by atoms with Crippen LogP contribution in [-0.4, -0.2) is 29.1 Å². The van der Waals surface area contributed by atoms with Gasteiger partial charge in [0.2, 0.25) is 0 Å². The van der Waals surface area contributed by atoms with Crippen molar-refractivity contribution in [3.63, 3.8) is 0 Å². The predicted octanol–water partition coefficient (Wildman–Crippen LogP) is 4.74. The molecule has 0 saturated carbocycles. The van der Waals surface area contributed by atoms with E-state index in [9.17, 15) is 4.55 Å². The molecule has 0 aromatic heterocycles. The van der Waals surface area contributed by atoms with E-state index in [1.165, 1.54) is 0 Å². The first-order valence-electron chi connectivity index (χ1n) is 8.72. The van der Waals surface area contributed by atoms with Gasteiger partial charge in [-0.3, -0.25) is 0 Å². The summed E-state index contributed by atoms with van der Waals surface area (Å²) >= 11 is 4.92. The summed E-state index contributed by atoms with van der Waals surface area (Å²) in [7, 11) is 0. The Morgan fingerprint density at radius 3 is 2.54 bits per heavy atom. The molecule has 0 spiro atoms. The summed E-state index contributed by atoms with van der Waals surface area (Å²) < 4.78 is 29.6. The van der Waals surface area contributed by atoms with E-state index in [1.54, 1.807) is 0 Å². The highest BCUT2D eigenvalue weighted by Crippen LogP contribution is 2.28. The molecule has 1 saturated heterocycles. The third kappa shape index (κ3) is 4.93. The van der Waals surface area contributed by atoms with Gasteiger partial charge in [-0.25, -0.2) is 0 Å². The lowest BCUT2D eigenvalue weighted by Gasteiger charge is -2.17. The van der Waals surface area contributed by atoms with Gasteiger partial charge in [-0.05, 0) is 60.9 Å². The van der Waals surface area contributed by atoms with E-state index in [0.29, 0.717) is 18.2 Å². The normalized spacial score (nSPS) is 22.2. The standard InChI is InChI=1S/C20H23ClO4S/c1-3-14(2)26(22)19-10-8-17(9-11-19)23-12-18-13-24-20(25-18)15-4-6-16(21)7-5-15/h4-11,14,18,20H,3,12-13H2,1-2H3. The van der Waals surface area contributed by atoms with Crippen molar-refractivity contribution in [2.75, 3.05) is 13.2 Å². The van der Waals surface area contributed by atoms with Crippen LogP contribution in [0.2, 0.25) is 5.02 Å². The summed E-state index contributed by atoms with van der Waals surface area (Å²) in [6.07, 6.45) is 0.365. The summed E-state index contributed by atoms with van der Waals surface area (Å²) in [6, 6.07) is 14.8. The minimum Gasteiger partial charge on any atom is -0.611 e. The molecule has 1 aliphatic rings. The van der Waals surface area contributed by atoms with Gasteiger partial charge in [0.15, 0.2) is 11.2 Å². The second-order valence-corrected chi connectivity index (χ2v) is 8.58. The third-order valence-corrected chi connectivity index (χ3v) is 6.38. The van der Waals surface area contributed by atoms with Crippen molar-refractivity contribution in [2.45, 2.75) is 42.8 Å². The van der Waals surface area contributed by atoms with E-state index in [0.717, 1.165) is 22.6 Å². The molecule has 0 N–H and O–H groups in total. The number of hydrogen-bond acceptors (Lipinski definition) is 4. The molecule has 0 radical (unpaired) electrons. The van der Waals surface area contributed by atoms with Crippen LogP contribution in [0.5, 0.6) is 5.75 Å². The second kappa shape index (κ2) is 9.11. The molecule has 0 bridgehead atoms. The van der Waals surface area contributed by atoms with Crippen molar-refractivity contribution in [1.29, 1.82) is 0 Å².